The third kappa shape index (κ3) is 45.4. The molecular formula is C53H104N2O7P+. The number of carbonyl (C=O) groups is 2. The standard InChI is InChI=1S/C53H103N2O7P/c1-7-10-13-16-19-22-25-26-27-28-31-33-36-39-42-45-52(56)54-50(49-61-63(58,59)60-48-47-55(4,5)6)51(44-41-38-35-32-29-23-20-17-14-11-8-2)62-53(57)46-43-40-37-34-30-24-21-18-15-12-9-3/h18,21,41,44,50-51H,7-17,19-20,22-40,42-43,45-49H2,1-6H3,(H-,54,56,58,59)/p+1/b21-18-,44-41+. The third-order valence-corrected chi connectivity index (χ3v) is 12.9. The summed E-state index contributed by atoms with van der Waals surface area (Å²) in [5.74, 6) is -0.509. The average Bonchev–Trinajstić information content (AvgIpc) is 3.23. The highest BCUT2D eigenvalue weighted by Crippen LogP contribution is 2.43. The van der Waals surface area contributed by atoms with Crippen LogP contribution in [0.2, 0.25) is 0 Å². The van der Waals surface area contributed by atoms with Gasteiger partial charge in [-0.2, -0.15) is 0 Å². The molecule has 0 rings (SSSR count). The summed E-state index contributed by atoms with van der Waals surface area (Å²) in [6.07, 6.45) is 48.8. The van der Waals surface area contributed by atoms with E-state index in [9.17, 15) is 19.0 Å². The first-order chi connectivity index (χ1) is 30.4. The number of quaternary nitrogens is 1. The van der Waals surface area contributed by atoms with Crippen molar-refractivity contribution >= 4 is 19.7 Å². The molecule has 0 radical (unpaired) electrons. The molecule has 0 aromatic heterocycles. The number of phosphoric acid groups is 1. The van der Waals surface area contributed by atoms with E-state index in [-0.39, 0.29) is 31.5 Å². The first kappa shape index (κ1) is 61.5. The van der Waals surface area contributed by atoms with Gasteiger partial charge >= 0.3 is 13.8 Å². The average molecular weight is 912 g/mol. The minimum absolute atomic E-state index is 0.0419. The van der Waals surface area contributed by atoms with Gasteiger partial charge in [0.15, 0.2) is 0 Å². The topological polar surface area (TPSA) is 111 Å². The van der Waals surface area contributed by atoms with Crippen LogP contribution in [-0.2, 0) is 27.9 Å². The zero-order valence-electron chi connectivity index (χ0n) is 42.3. The maximum atomic E-state index is 13.4. The number of rotatable bonds is 48. The van der Waals surface area contributed by atoms with E-state index < -0.39 is 20.0 Å². The molecule has 0 spiro atoms. The molecule has 0 aromatic rings. The summed E-state index contributed by atoms with van der Waals surface area (Å²) in [5, 5.41) is 3.04. The Balaban J connectivity index is 5.36. The van der Waals surface area contributed by atoms with Crippen LogP contribution in [0.25, 0.3) is 0 Å². The van der Waals surface area contributed by atoms with Crippen LogP contribution in [0.15, 0.2) is 24.3 Å². The van der Waals surface area contributed by atoms with Crippen LogP contribution in [0.3, 0.4) is 0 Å². The lowest BCUT2D eigenvalue weighted by Crippen LogP contribution is -2.47. The molecule has 3 atom stereocenters. The van der Waals surface area contributed by atoms with E-state index in [1.54, 1.807) is 0 Å². The fourth-order valence-corrected chi connectivity index (χ4v) is 8.42. The summed E-state index contributed by atoms with van der Waals surface area (Å²) in [7, 11) is 1.50. The van der Waals surface area contributed by atoms with Crippen LogP contribution in [0.1, 0.15) is 252 Å². The van der Waals surface area contributed by atoms with E-state index in [2.05, 4.69) is 38.2 Å². The summed E-state index contributed by atoms with van der Waals surface area (Å²) < 4.78 is 30.5. The molecule has 63 heavy (non-hydrogen) atoms. The monoisotopic (exact) mass is 912 g/mol. The van der Waals surface area contributed by atoms with E-state index >= 15 is 0 Å². The number of amides is 1. The fraction of sp³-hybridized carbons (Fsp3) is 0.887. The van der Waals surface area contributed by atoms with Gasteiger partial charge in [0.25, 0.3) is 0 Å². The maximum Gasteiger partial charge on any atom is 0.472 e. The lowest BCUT2D eigenvalue weighted by atomic mass is 10.0. The molecule has 1 amide bonds. The van der Waals surface area contributed by atoms with E-state index in [4.69, 9.17) is 13.8 Å². The van der Waals surface area contributed by atoms with Crippen LogP contribution >= 0.6 is 7.82 Å². The highest BCUT2D eigenvalue weighted by atomic mass is 31.2. The Morgan fingerprint density at radius 1 is 0.540 bits per heavy atom. The number of unbranched alkanes of at least 4 members (excludes halogenated alkanes) is 30. The van der Waals surface area contributed by atoms with Gasteiger partial charge in [-0.1, -0.05) is 212 Å². The van der Waals surface area contributed by atoms with E-state index in [0.29, 0.717) is 17.4 Å². The molecule has 2 N–H and O–H groups in total. The third-order valence-electron chi connectivity index (χ3n) is 11.9. The second-order valence-electron chi connectivity index (χ2n) is 19.4. The number of esters is 1. The zero-order chi connectivity index (χ0) is 46.5. The Morgan fingerprint density at radius 3 is 1.40 bits per heavy atom. The van der Waals surface area contributed by atoms with Gasteiger partial charge in [-0.15, -0.1) is 0 Å². The molecule has 0 aliphatic rings. The van der Waals surface area contributed by atoms with Gasteiger partial charge in [-0.25, -0.2) is 4.57 Å². The van der Waals surface area contributed by atoms with Crippen molar-refractivity contribution in [1.29, 1.82) is 0 Å². The van der Waals surface area contributed by atoms with E-state index in [0.717, 1.165) is 83.5 Å². The van der Waals surface area contributed by atoms with Gasteiger partial charge in [-0.3, -0.25) is 18.6 Å². The highest BCUT2D eigenvalue weighted by Gasteiger charge is 2.30. The molecule has 0 bridgehead atoms. The lowest BCUT2D eigenvalue weighted by Gasteiger charge is -2.27. The SMILES string of the molecule is CCCC/C=C\CCCCCCCC(=O)OC(/C=C/CCCCCCCCCCC)C(COP(=O)(O)OCC[N+](C)(C)C)NC(=O)CCCCCCCCCCCCCCCCC. The van der Waals surface area contributed by atoms with Crippen LogP contribution < -0.4 is 5.32 Å². The van der Waals surface area contributed by atoms with Crippen molar-refractivity contribution in [3.63, 3.8) is 0 Å². The van der Waals surface area contributed by atoms with E-state index in [1.165, 1.54) is 135 Å². The molecule has 0 saturated heterocycles. The first-order valence-electron chi connectivity index (χ1n) is 26.7. The molecule has 3 unspecified atom stereocenters. The molecule has 0 aliphatic heterocycles. The fourth-order valence-electron chi connectivity index (χ4n) is 7.69. The quantitative estimate of drug-likeness (QED) is 0.0206. The normalized spacial score (nSPS) is 14.1. The largest absolute Gasteiger partial charge is 0.472 e. The van der Waals surface area contributed by atoms with Crippen molar-refractivity contribution in [2.24, 2.45) is 0 Å². The van der Waals surface area contributed by atoms with Crippen LogP contribution in [0.5, 0.6) is 0 Å². The summed E-state index contributed by atoms with van der Waals surface area (Å²) in [6, 6.07) is -0.843. The maximum absolute atomic E-state index is 13.4. The number of ether oxygens (including phenoxy) is 1. The highest BCUT2D eigenvalue weighted by molar-refractivity contribution is 7.47. The van der Waals surface area contributed by atoms with Crippen molar-refractivity contribution in [2.75, 3.05) is 40.9 Å². The molecule has 0 aromatic carbocycles. The first-order valence-corrected chi connectivity index (χ1v) is 28.2. The van der Waals surface area contributed by atoms with Gasteiger partial charge in [-0.05, 0) is 51.0 Å². The molecule has 0 saturated carbocycles. The number of allylic oxidation sites excluding steroid dienone is 3. The Bertz CT molecular complexity index is 1140. The Morgan fingerprint density at radius 2 is 0.937 bits per heavy atom. The van der Waals surface area contributed by atoms with Crippen LogP contribution in [-0.4, -0.2) is 74.3 Å². The number of nitrogens with one attached hydrogen (secondary N) is 1. The number of hydrogen-bond donors (Lipinski definition) is 2. The summed E-state index contributed by atoms with van der Waals surface area (Å²) >= 11 is 0. The van der Waals surface area contributed by atoms with E-state index in [1.807, 2.05) is 33.3 Å². The number of hydrogen-bond acceptors (Lipinski definition) is 6. The van der Waals surface area contributed by atoms with Crippen molar-refractivity contribution in [3.05, 3.63) is 24.3 Å². The molecule has 372 valence electrons. The molecular weight excluding hydrogens is 808 g/mol. The van der Waals surface area contributed by atoms with Gasteiger partial charge < -0.3 is 19.4 Å². The van der Waals surface area contributed by atoms with Crippen LogP contribution in [0.4, 0.5) is 0 Å². The second kappa shape index (κ2) is 44.3. The number of nitrogens with zero attached hydrogens (tertiary/aromatic N) is 1. The Labute approximate surface area is 390 Å². The van der Waals surface area contributed by atoms with Gasteiger partial charge in [0.2, 0.25) is 5.91 Å². The lowest BCUT2D eigenvalue weighted by molar-refractivity contribution is -0.870. The van der Waals surface area contributed by atoms with Crippen molar-refractivity contribution in [2.45, 2.75) is 264 Å². The minimum atomic E-state index is -4.43. The summed E-state index contributed by atoms with van der Waals surface area (Å²) in [4.78, 5) is 37.4. The second-order valence-corrected chi connectivity index (χ2v) is 20.9. The van der Waals surface area contributed by atoms with Crippen molar-refractivity contribution < 1.29 is 37.3 Å². The molecule has 9 nitrogen and oxygen atoms in total. The number of phosphoric ester groups is 1. The number of carbonyl (C=O) groups excluding carboxylic acids is 2. The Hall–Kier alpha value is -1.51. The predicted molar refractivity (Wildman–Crippen MR) is 268 cm³/mol. The summed E-state index contributed by atoms with van der Waals surface area (Å²) in [5.41, 5.74) is 0. The predicted octanol–water partition coefficient (Wildman–Crippen LogP) is 15.4. The molecule has 0 fully saturated rings. The molecule has 10 heteroatoms. The van der Waals surface area contributed by atoms with Crippen molar-refractivity contribution in [1.82, 2.24) is 5.32 Å². The Kier molecular flexibility index (Phi) is 43.3. The van der Waals surface area contributed by atoms with Gasteiger partial charge in [0.05, 0.1) is 33.8 Å². The van der Waals surface area contributed by atoms with Gasteiger partial charge in [0.1, 0.15) is 19.3 Å². The van der Waals surface area contributed by atoms with Crippen LogP contribution in [0, 0.1) is 0 Å². The van der Waals surface area contributed by atoms with Gasteiger partial charge in [0, 0.05) is 12.8 Å². The molecule has 0 aliphatic carbocycles. The van der Waals surface area contributed by atoms with Crippen molar-refractivity contribution in [3.8, 4) is 0 Å². The minimum Gasteiger partial charge on any atom is -0.456 e. The summed E-state index contributed by atoms with van der Waals surface area (Å²) in [6.45, 7) is 6.97. The number of likely N-dealkylation sites (N-methyl/N-ethyl adjacent to an activating group) is 1. The smallest absolute Gasteiger partial charge is 0.456 e. The molecule has 0 heterocycles. The zero-order valence-corrected chi connectivity index (χ0v) is 43.2.